The average molecular weight is 335 g/mol. The van der Waals surface area contributed by atoms with E-state index in [1.54, 1.807) is 0 Å². The van der Waals surface area contributed by atoms with Gasteiger partial charge in [-0.05, 0) is 18.2 Å². The molecule has 9 heteroatoms. The molecule has 0 radical (unpaired) electrons. The molecule has 0 amide bonds. The van der Waals surface area contributed by atoms with Crippen LogP contribution < -0.4 is 4.74 Å². The first-order valence-corrected chi connectivity index (χ1v) is 6.73. The lowest BCUT2D eigenvalue weighted by atomic mass is 9.99. The summed E-state index contributed by atoms with van der Waals surface area (Å²) in [6.45, 7) is -0.619. The summed E-state index contributed by atoms with van der Waals surface area (Å²) in [6.07, 6.45) is -7.43. The predicted octanol–water partition coefficient (Wildman–Crippen LogP) is -0.783. The van der Waals surface area contributed by atoms with Gasteiger partial charge in [-0.15, -0.1) is 0 Å². The van der Waals surface area contributed by atoms with Crippen molar-refractivity contribution in [3.8, 4) is 5.75 Å². The van der Waals surface area contributed by atoms with E-state index < -0.39 is 43.3 Å². The number of rotatable bonds is 4. The van der Waals surface area contributed by atoms with Crippen LogP contribution >= 0.6 is 11.6 Å². The Morgan fingerprint density at radius 1 is 1.23 bits per heavy atom. The minimum atomic E-state index is -1.64. The number of carboxylic acid groups (broad SMARTS) is 1. The number of carbonyl (C=O) groups is 1. The number of benzene rings is 1. The molecular formula is C13H15ClO8. The third-order valence-corrected chi connectivity index (χ3v) is 3.50. The Balaban J connectivity index is 2.26. The minimum Gasteiger partial charge on any atom is -0.478 e. The summed E-state index contributed by atoms with van der Waals surface area (Å²) in [4.78, 5) is 11.1. The van der Waals surface area contributed by atoms with E-state index in [2.05, 4.69) is 0 Å². The van der Waals surface area contributed by atoms with Gasteiger partial charge in [0.2, 0.25) is 6.29 Å². The molecule has 1 unspecified atom stereocenters. The number of hydrogen-bond donors (Lipinski definition) is 5. The molecule has 5 atom stereocenters. The highest BCUT2D eigenvalue weighted by Gasteiger charge is 2.45. The molecule has 22 heavy (non-hydrogen) atoms. The van der Waals surface area contributed by atoms with Crippen LogP contribution in [0.4, 0.5) is 0 Å². The number of aliphatic hydroxyl groups excluding tert-OH is 4. The molecule has 1 saturated heterocycles. The van der Waals surface area contributed by atoms with Crippen LogP contribution in [-0.2, 0) is 4.74 Å². The van der Waals surface area contributed by atoms with Crippen LogP contribution in [0.1, 0.15) is 10.4 Å². The van der Waals surface area contributed by atoms with Crippen LogP contribution in [0, 0.1) is 0 Å². The molecule has 1 fully saturated rings. The number of ether oxygens (including phenoxy) is 2. The quantitative estimate of drug-likeness (QED) is 0.483. The molecule has 0 saturated carbocycles. The summed E-state index contributed by atoms with van der Waals surface area (Å²) in [6, 6.07) is 3.78. The van der Waals surface area contributed by atoms with Crippen molar-refractivity contribution in [3.05, 3.63) is 28.8 Å². The summed E-state index contributed by atoms with van der Waals surface area (Å²) in [5.74, 6) is -1.46. The first-order valence-electron chi connectivity index (χ1n) is 6.35. The highest BCUT2D eigenvalue weighted by molar-refractivity contribution is 6.30. The van der Waals surface area contributed by atoms with Gasteiger partial charge >= 0.3 is 5.97 Å². The maximum absolute atomic E-state index is 11.1. The maximum atomic E-state index is 11.1. The SMILES string of the molecule is O=C(O)c1ccc(Cl)cc1OC1O[C@H](CO)[C@@H](O)[C@H](O)[C@H]1O. The van der Waals surface area contributed by atoms with E-state index in [1.165, 1.54) is 18.2 Å². The Morgan fingerprint density at radius 3 is 2.50 bits per heavy atom. The lowest BCUT2D eigenvalue weighted by Gasteiger charge is -2.39. The molecule has 2 rings (SSSR count). The van der Waals surface area contributed by atoms with E-state index in [1.807, 2.05) is 0 Å². The van der Waals surface area contributed by atoms with Crippen molar-refractivity contribution in [3.63, 3.8) is 0 Å². The fourth-order valence-electron chi connectivity index (χ4n) is 2.06. The summed E-state index contributed by atoms with van der Waals surface area (Å²) < 4.78 is 10.4. The molecule has 5 N–H and O–H groups in total. The standard InChI is InChI=1S/C13H15ClO8/c14-5-1-2-6(12(19)20)7(3-5)21-13-11(18)10(17)9(16)8(4-15)22-13/h1-3,8-11,13,15-18H,4H2,(H,19,20)/t8-,9-,10+,11-,13?/m1/s1. The number of aromatic carboxylic acids is 1. The molecular weight excluding hydrogens is 320 g/mol. The lowest BCUT2D eigenvalue weighted by molar-refractivity contribution is -0.277. The third-order valence-electron chi connectivity index (χ3n) is 3.27. The molecule has 0 aliphatic carbocycles. The second-order valence-corrected chi connectivity index (χ2v) is 5.20. The molecule has 8 nitrogen and oxygen atoms in total. The number of halogens is 1. The second kappa shape index (κ2) is 6.78. The highest BCUT2D eigenvalue weighted by Crippen LogP contribution is 2.28. The first-order chi connectivity index (χ1) is 10.3. The summed E-state index contributed by atoms with van der Waals surface area (Å²) in [5.41, 5.74) is -0.221. The van der Waals surface area contributed by atoms with Gasteiger partial charge < -0.3 is 35.0 Å². The van der Waals surface area contributed by atoms with Crippen molar-refractivity contribution in [2.75, 3.05) is 6.61 Å². The van der Waals surface area contributed by atoms with Crippen LogP contribution in [0.3, 0.4) is 0 Å². The fourth-order valence-corrected chi connectivity index (χ4v) is 2.22. The van der Waals surface area contributed by atoms with Gasteiger partial charge in [-0.3, -0.25) is 0 Å². The zero-order chi connectivity index (χ0) is 16.4. The van der Waals surface area contributed by atoms with Crippen molar-refractivity contribution in [2.45, 2.75) is 30.7 Å². The smallest absolute Gasteiger partial charge is 0.339 e. The van der Waals surface area contributed by atoms with Gasteiger partial charge in [0.1, 0.15) is 35.7 Å². The van der Waals surface area contributed by atoms with E-state index in [0.29, 0.717) is 0 Å². The summed E-state index contributed by atoms with van der Waals surface area (Å²) in [7, 11) is 0. The van der Waals surface area contributed by atoms with Gasteiger partial charge in [-0.25, -0.2) is 4.79 Å². The van der Waals surface area contributed by atoms with Crippen molar-refractivity contribution in [1.82, 2.24) is 0 Å². The third kappa shape index (κ3) is 3.32. The summed E-state index contributed by atoms with van der Waals surface area (Å²) in [5, 5.41) is 47.6. The van der Waals surface area contributed by atoms with E-state index in [-0.39, 0.29) is 16.3 Å². The first kappa shape index (κ1) is 16.9. The lowest BCUT2D eigenvalue weighted by Crippen LogP contribution is -2.60. The molecule has 1 aromatic carbocycles. The van der Waals surface area contributed by atoms with Crippen molar-refractivity contribution < 1.29 is 39.8 Å². The van der Waals surface area contributed by atoms with Gasteiger partial charge in [0.15, 0.2) is 0 Å². The van der Waals surface area contributed by atoms with Gasteiger partial charge in [0.05, 0.1) is 6.61 Å². The molecule has 0 bridgehead atoms. The Morgan fingerprint density at radius 2 is 1.91 bits per heavy atom. The van der Waals surface area contributed by atoms with Crippen LogP contribution in [0.2, 0.25) is 5.02 Å². The Labute approximate surface area is 130 Å². The van der Waals surface area contributed by atoms with E-state index >= 15 is 0 Å². The zero-order valence-corrected chi connectivity index (χ0v) is 11.9. The maximum Gasteiger partial charge on any atom is 0.339 e. The number of aliphatic hydroxyl groups is 4. The van der Waals surface area contributed by atoms with Crippen molar-refractivity contribution in [1.29, 1.82) is 0 Å². The Hall–Kier alpha value is -1.42. The highest BCUT2D eigenvalue weighted by atomic mass is 35.5. The molecule has 122 valence electrons. The number of carboxylic acids is 1. The van der Waals surface area contributed by atoms with Crippen molar-refractivity contribution in [2.24, 2.45) is 0 Å². The topological polar surface area (TPSA) is 137 Å². The molecule has 1 aliphatic heterocycles. The second-order valence-electron chi connectivity index (χ2n) is 4.76. The molecule has 0 spiro atoms. The Bertz CT molecular complexity index is 549. The van der Waals surface area contributed by atoms with Crippen molar-refractivity contribution >= 4 is 17.6 Å². The minimum absolute atomic E-state index is 0.177. The molecule has 0 aromatic heterocycles. The largest absolute Gasteiger partial charge is 0.478 e. The van der Waals surface area contributed by atoms with Crippen LogP contribution in [-0.4, -0.2) is 68.8 Å². The van der Waals surface area contributed by atoms with Gasteiger partial charge in [0.25, 0.3) is 0 Å². The average Bonchev–Trinajstić information content (AvgIpc) is 2.47. The molecule has 1 aromatic rings. The van der Waals surface area contributed by atoms with Gasteiger partial charge in [-0.1, -0.05) is 11.6 Å². The van der Waals surface area contributed by atoms with E-state index in [4.69, 9.17) is 31.3 Å². The number of hydrogen-bond acceptors (Lipinski definition) is 7. The van der Waals surface area contributed by atoms with E-state index in [9.17, 15) is 20.1 Å². The zero-order valence-electron chi connectivity index (χ0n) is 11.2. The predicted molar refractivity (Wildman–Crippen MR) is 72.8 cm³/mol. The molecule has 1 aliphatic rings. The van der Waals surface area contributed by atoms with Crippen LogP contribution in [0.5, 0.6) is 5.75 Å². The van der Waals surface area contributed by atoms with Gasteiger partial charge in [0, 0.05) is 5.02 Å². The van der Waals surface area contributed by atoms with Gasteiger partial charge in [-0.2, -0.15) is 0 Å². The van der Waals surface area contributed by atoms with Crippen LogP contribution in [0.15, 0.2) is 18.2 Å². The van der Waals surface area contributed by atoms with E-state index in [0.717, 1.165) is 0 Å². The molecule has 1 heterocycles. The fraction of sp³-hybridized carbons (Fsp3) is 0.462. The normalized spacial score (nSPS) is 31.8. The van der Waals surface area contributed by atoms with Crippen LogP contribution in [0.25, 0.3) is 0 Å². The monoisotopic (exact) mass is 334 g/mol. The summed E-state index contributed by atoms with van der Waals surface area (Å²) >= 11 is 5.78. The Kier molecular flexibility index (Phi) is 5.22.